The van der Waals surface area contributed by atoms with Gasteiger partial charge in [0.15, 0.2) is 0 Å². The number of amides is 1. The normalized spacial score (nSPS) is 14.7. The lowest BCUT2D eigenvalue weighted by Gasteiger charge is -2.16. The molecule has 0 spiro atoms. The quantitative estimate of drug-likeness (QED) is 0.180. The number of esters is 1. The second-order valence-corrected chi connectivity index (χ2v) is 9.84. The third-order valence-electron chi connectivity index (χ3n) is 6.08. The Labute approximate surface area is 208 Å². The van der Waals surface area contributed by atoms with Crippen molar-refractivity contribution in [1.82, 2.24) is 10.8 Å². The van der Waals surface area contributed by atoms with Crippen LogP contribution in [0.3, 0.4) is 0 Å². The van der Waals surface area contributed by atoms with Gasteiger partial charge in [0.1, 0.15) is 17.9 Å². The molecule has 1 aliphatic rings. The Morgan fingerprint density at radius 2 is 1.77 bits per heavy atom. The lowest BCUT2D eigenvalue weighted by atomic mass is 10.1. The van der Waals surface area contributed by atoms with Gasteiger partial charge < -0.3 is 20.5 Å². The number of nitrogens with two attached hydrogens (primary N) is 1. The van der Waals surface area contributed by atoms with E-state index in [1.54, 1.807) is 11.5 Å². The minimum absolute atomic E-state index is 0.0298. The Morgan fingerprint density at radius 3 is 2.51 bits per heavy atom. The molecular formula is C26H31N3O5S. The molecular weight excluding hydrogens is 466 g/mol. The number of ether oxygens (including phenoxy) is 2. The van der Waals surface area contributed by atoms with E-state index in [-0.39, 0.29) is 12.1 Å². The van der Waals surface area contributed by atoms with Crippen molar-refractivity contribution in [3.63, 3.8) is 0 Å². The van der Waals surface area contributed by atoms with E-state index in [0.29, 0.717) is 31.0 Å². The Kier molecular flexibility index (Phi) is 8.70. The van der Waals surface area contributed by atoms with Crippen molar-refractivity contribution < 1.29 is 24.3 Å². The van der Waals surface area contributed by atoms with Gasteiger partial charge in [-0.05, 0) is 66.5 Å². The average Bonchev–Trinajstić information content (AvgIpc) is 3.54. The van der Waals surface area contributed by atoms with Crippen LogP contribution < -0.4 is 21.3 Å². The van der Waals surface area contributed by atoms with E-state index in [0.717, 1.165) is 52.6 Å². The number of nitrogens with one attached hydrogen (secondary N) is 2. The number of hydrogen-bond donors (Lipinski definition) is 4. The van der Waals surface area contributed by atoms with E-state index in [9.17, 15) is 9.59 Å². The van der Waals surface area contributed by atoms with Crippen molar-refractivity contribution in [3.8, 4) is 5.75 Å². The maximum Gasteiger partial charge on any atom is 0.323 e. The zero-order chi connectivity index (χ0) is 24.6. The van der Waals surface area contributed by atoms with Crippen LogP contribution in [0, 0.1) is 0 Å². The van der Waals surface area contributed by atoms with E-state index >= 15 is 0 Å². The highest BCUT2D eigenvalue weighted by Crippen LogP contribution is 2.27. The van der Waals surface area contributed by atoms with Gasteiger partial charge in [-0.2, -0.15) is 0 Å². The highest BCUT2D eigenvalue weighted by Gasteiger charge is 2.23. The minimum atomic E-state index is -0.661. The van der Waals surface area contributed by atoms with Gasteiger partial charge in [-0.3, -0.25) is 14.8 Å². The van der Waals surface area contributed by atoms with Crippen LogP contribution in [0.1, 0.15) is 52.9 Å². The van der Waals surface area contributed by atoms with E-state index in [2.05, 4.69) is 5.32 Å². The predicted molar refractivity (Wildman–Crippen MR) is 134 cm³/mol. The summed E-state index contributed by atoms with van der Waals surface area (Å²) in [5.41, 5.74) is 9.85. The van der Waals surface area contributed by atoms with Crippen LogP contribution in [0.25, 0.3) is 10.1 Å². The van der Waals surface area contributed by atoms with Gasteiger partial charge in [0.05, 0.1) is 11.5 Å². The van der Waals surface area contributed by atoms with Gasteiger partial charge in [0.25, 0.3) is 5.91 Å². The number of rotatable bonds is 11. The predicted octanol–water partition coefficient (Wildman–Crippen LogP) is 3.89. The topological polar surface area (TPSA) is 123 Å². The molecule has 0 bridgehead atoms. The Morgan fingerprint density at radius 1 is 1.06 bits per heavy atom. The standard InChI is InChI=1S/C26H31N3O5S/c27-22(26(31)34-21-3-1-2-4-21)11-12-33-20-9-6-17(7-10-20)15-28-16-18-5-8-19-14-24(25(30)29-32)35-23(19)13-18/h5-10,13-14,21-22,28,32H,1-4,11-12,15-16,27H2,(H,29,30). The molecule has 186 valence electrons. The van der Waals surface area contributed by atoms with E-state index in [1.165, 1.54) is 11.3 Å². The van der Waals surface area contributed by atoms with Gasteiger partial charge in [-0.25, -0.2) is 5.48 Å². The first-order chi connectivity index (χ1) is 17.0. The van der Waals surface area contributed by atoms with Crippen LogP contribution in [0.5, 0.6) is 5.75 Å². The summed E-state index contributed by atoms with van der Waals surface area (Å²) in [4.78, 5) is 24.1. The lowest BCUT2D eigenvalue weighted by Crippen LogP contribution is -2.35. The maximum atomic E-state index is 12.1. The van der Waals surface area contributed by atoms with Crippen molar-refractivity contribution in [1.29, 1.82) is 0 Å². The fourth-order valence-electron chi connectivity index (χ4n) is 4.09. The number of carbonyl (C=O) groups excluding carboxylic acids is 2. The molecule has 1 saturated carbocycles. The molecule has 1 fully saturated rings. The molecule has 5 N–H and O–H groups in total. The Balaban J connectivity index is 1.18. The first-order valence-electron chi connectivity index (χ1n) is 11.9. The lowest BCUT2D eigenvalue weighted by molar-refractivity contribution is -0.150. The third-order valence-corrected chi connectivity index (χ3v) is 7.17. The smallest absolute Gasteiger partial charge is 0.323 e. The minimum Gasteiger partial charge on any atom is -0.494 e. The van der Waals surface area contributed by atoms with E-state index < -0.39 is 11.9 Å². The summed E-state index contributed by atoms with van der Waals surface area (Å²) in [5, 5.41) is 13.2. The molecule has 4 rings (SSSR count). The number of carbonyl (C=O) groups is 2. The molecule has 9 heteroatoms. The van der Waals surface area contributed by atoms with Crippen molar-refractivity contribution >= 4 is 33.3 Å². The second-order valence-electron chi connectivity index (χ2n) is 8.76. The monoisotopic (exact) mass is 497 g/mol. The first-order valence-corrected chi connectivity index (χ1v) is 12.7. The molecule has 1 aliphatic carbocycles. The largest absolute Gasteiger partial charge is 0.494 e. The molecule has 1 unspecified atom stereocenters. The SMILES string of the molecule is NC(CCOc1ccc(CNCc2ccc3cc(C(=O)NO)sc3c2)cc1)C(=O)OC1CCCC1. The van der Waals surface area contributed by atoms with Crippen LogP contribution in [-0.4, -0.2) is 35.8 Å². The van der Waals surface area contributed by atoms with Gasteiger partial charge in [-0.15, -0.1) is 11.3 Å². The van der Waals surface area contributed by atoms with Crippen LogP contribution in [0.2, 0.25) is 0 Å². The Hall–Kier alpha value is -2.98. The summed E-state index contributed by atoms with van der Waals surface area (Å²) >= 11 is 1.34. The molecule has 0 aliphatic heterocycles. The molecule has 1 amide bonds. The highest BCUT2D eigenvalue weighted by molar-refractivity contribution is 7.20. The third kappa shape index (κ3) is 7.02. The molecule has 2 aromatic carbocycles. The molecule has 35 heavy (non-hydrogen) atoms. The number of benzene rings is 2. The van der Waals surface area contributed by atoms with Crippen molar-refractivity contribution in [2.24, 2.45) is 5.73 Å². The average molecular weight is 498 g/mol. The Bertz CT molecular complexity index is 1140. The first kappa shape index (κ1) is 25.1. The second kappa shape index (κ2) is 12.1. The maximum absolute atomic E-state index is 12.1. The molecule has 0 radical (unpaired) electrons. The van der Waals surface area contributed by atoms with Crippen molar-refractivity contribution in [2.75, 3.05) is 6.61 Å². The van der Waals surface area contributed by atoms with Gasteiger partial charge in [0.2, 0.25) is 0 Å². The molecule has 3 aromatic rings. The van der Waals surface area contributed by atoms with Crippen molar-refractivity contribution in [3.05, 3.63) is 64.5 Å². The molecule has 8 nitrogen and oxygen atoms in total. The zero-order valence-corrected chi connectivity index (χ0v) is 20.3. The fourth-order valence-corrected chi connectivity index (χ4v) is 5.10. The van der Waals surface area contributed by atoms with Crippen molar-refractivity contribution in [2.45, 2.75) is 57.3 Å². The summed E-state index contributed by atoms with van der Waals surface area (Å²) < 4.78 is 12.2. The van der Waals surface area contributed by atoms with Gasteiger partial charge in [-0.1, -0.05) is 24.3 Å². The number of fused-ring (bicyclic) bond motifs is 1. The summed E-state index contributed by atoms with van der Waals surface area (Å²) in [7, 11) is 0. The summed E-state index contributed by atoms with van der Waals surface area (Å²) in [6.07, 6.45) is 4.54. The molecule has 1 heterocycles. The molecule has 0 saturated heterocycles. The summed E-state index contributed by atoms with van der Waals surface area (Å²) in [5.74, 6) is -0.102. The van der Waals surface area contributed by atoms with E-state index in [4.69, 9.17) is 20.4 Å². The van der Waals surface area contributed by atoms with Crippen LogP contribution in [-0.2, 0) is 22.6 Å². The number of hydrogen-bond acceptors (Lipinski definition) is 8. The fraction of sp³-hybridized carbons (Fsp3) is 0.385. The van der Waals surface area contributed by atoms with Crippen LogP contribution in [0.15, 0.2) is 48.5 Å². The van der Waals surface area contributed by atoms with Gasteiger partial charge >= 0.3 is 5.97 Å². The number of thiophene rings is 1. The summed E-state index contributed by atoms with van der Waals surface area (Å²) in [6.45, 7) is 1.73. The van der Waals surface area contributed by atoms with Crippen LogP contribution in [0.4, 0.5) is 0 Å². The highest BCUT2D eigenvalue weighted by atomic mass is 32.1. The van der Waals surface area contributed by atoms with Gasteiger partial charge in [0, 0.05) is 24.2 Å². The summed E-state index contributed by atoms with van der Waals surface area (Å²) in [6, 6.07) is 15.0. The zero-order valence-electron chi connectivity index (χ0n) is 19.5. The number of hydroxylamine groups is 1. The molecule has 1 aromatic heterocycles. The molecule has 1 atom stereocenters. The van der Waals surface area contributed by atoms with Crippen LogP contribution >= 0.6 is 11.3 Å². The van der Waals surface area contributed by atoms with E-state index in [1.807, 2.05) is 42.5 Å².